The van der Waals surface area contributed by atoms with E-state index in [1.807, 2.05) is 6.08 Å². The lowest BCUT2D eigenvalue weighted by molar-refractivity contribution is -0.269. The average Bonchev–Trinajstić information content (AvgIpc) is 3.70. The summed E-state index contributed by atoms with van der Waals surface area (Å²) in [5, 5.41) is -0.526. The molecule has 0 aromatic carbocycles. The summed E-state index contributed by atoms with van der Waals surface area (Å²) in [6.45, 7) is 46.9. The zero-order valence-electron chi connectivity index (χ0n) is 51.3. The van der Waals surface area contributed by atoms with Gasteiger partial charge in [0.1, 0.15) is 30.5 Å². The Morgan fingerprint density at radius 1 is 0.608 bits per heavy atom. The van der Waals surface area contributed by atoms with Crippen LogP contribution in [0.1, 0.15) is 153 Å². The monoisotopic (exact) mass is 1190 g/mol. The lowest BCUT2D eigenvalue weighted by Crippen LogP contribution is -2.69. The van der Waals surface area contributed by atoms with Crippen LogP contribution in [0, 0.1) is 11.8 Å². The maximum atomic E-state index is 14.8. The molecule has 9 heterocycles. The number of hydrogen-bond acceptors (Lipinski definition) is 14. The van der Waals surface area contributed by atoms with E-state index in [0.717, 1.165) is 30.4 Å². The van der Waals surface area contributed by atoms with Crippen LogP contribution < -0.4 is 0 Å². The second-order valence-corrected chi connectivity index (χ2v) is 45.0. The van der Waals surface area contributed by atoms with Gasteiger partial charge in [-0.05, 0) is 135 Å². The third-order valence-electron chi connectivity index (χ3n) is 20.2. The van der Waals surface area contributed by atoms with E-state index in [2.05, 4.69) is 129 Å². The van der Waals surface area contributed by atoms with Gasteiger partial charge in [-0.25, -0.2) is 0 Å². The molecule has 4 unspecified atom stereocenters. The number of rotatable bonds is 10. The average molecular weight is 1190 g/mol. The summed E-state index contributed by atoms with van der Waals surface area (Å²) in [6.07, 6.45) is 2.99. The van der Waals surface area contributed by atoms with Crippen molar-refractivity contribution in [1.29, 1.82) is 0 Å². The lowest BCUT2D eigenvalue weighted by atomic mass is 9.79. The quantitative estimate of drug-likeness (QED) is 0.0879. The fourth-order valence-corrected chi connectivity index (χ4v) is 16.9. The lowest BCUT2D eigenvalue weighted by Gasteiger charge is -2.56. The standard InChI is InChI=1S/C60H102O14P2Si3/c1-35-30-41-23-26-43-36(2)31-40(65-43)22-20-39(61)21-25-46(72-77(14,15)58(5,6)7)55-57(74-79(18,19)60(11,12)13)56(73-78(16,17)59(8,9)10)54-45(70-55)27-24-42(67-54)32-51(62)71-53-38(4)52-49(68-48(53)33-47(66-41)37(35)3)34-50(76-64)44(69-52)28-29-75-63/h21,25,35,38,40-50,52-57H,2-3,20,22-24,26-34H2,1,4-19H3/b25-21+/t35-,38+,40?,41?,42?,43+,44-,45+,46+,47?,48+,49+,50-,52+,53-,54+,55+,56+,57-/m1/s1. The summed E-state index contributed by atoms with van der Waals surface area (Å²) < 4.78 is 95.9. The van der Waals surface area contributed by atoms with E-state index in [1.165, 1.54) is 0 Å². The Kier molecular flexibility index (Phi) is 21.4. The number of carbonyl (C=O) groups excluding carboxylic acids is 2. The first kappa shape index (κ1) is 65.4. The van der Waals surface area contributed by atoms with Crippen LogP contribution in [0.15, 0.2) is 36.5 Å². The first-order chi connectivity index (χ1) is 36.6. The van der Waals surface area contributed by atoms with Gasteiger partial charge in [0, 0.05) is 24.9 Å². The molecule has 19 heteroatoms. The van der Waals surface area contributed by atoms with Crippen LogP contribution in [0.4, 0.5) is 0 Å². The summed E-state index contributed by atoms with van der Waals surface area (Å²) >= 11 is 0. The van der Waals surface area contributed by atoms with Gasteiger partial charge < -0.3 is 46.4 Å². The molecule has 0 N–H and O–H groups in total. The largest absolute Gasteiger partial charge is 0.459 e. The van der Waals surface area contributed by atoms with Gasteiger partial charge in [-0.1, -0.05) is 95.4 Å². The molecule has 0 amide bonds. The fraction of sp³-hybridized carbons (Fsp3) is 0.867. The van der Waals surface area contributed by atoms with Crippen molar-refractivity contribution in [2.75, 3.05) is 6.16 Å². The molecule has 79 heavy (non-hydrogen) atoms. The second kappa shape index (κ2) is 25.8. The van der Waals surface area contributed by atoms with Crippen molar-refractivity contribution in [1.82, 2.24) is 0 Å². The highest BCUT2D eigenvalue weighted by atomic mass is 31.1. The van der Waals surface area contributed by atoms with E-state index in [9.17, 15) is 18.7 Å². The van der Waals surface area contributed by atoms with Crippen LogP contribution in [0.3, 0.4) is 0 Å². The van der Waals surface area contributed by atoms with Crippen LogP contribution >= 0.6 is 16.9 Å². The van der Waals surface area contributed by atoms with Crippen LogP contribution in [0.5, 0.6) is 0 Å². The van der Waals surface area contributed by atoms with E-state index in [1.54, 1.807) is 6.08 Å². The molecule has 19 atom stereocenters. The minimum atomic E-state index is -2.61. The van der Waals surface area contributed by atoms with Gasteiger partial charge in [-0.3, -0.25) is 18.7 Å². The third-order valence-corrected chi connectivity index (χ3v) is 34.9. The van der Waals surface area contributed by atoms with Gasteiger partial charge in [-0.15, -0.1) is 0 Å². The predicted molar refractivity (Wildman–Crippen MR) is 318 cm³/mol. The van der Waals surface area contributed by atoms with E-state index < -0.39 is 98.1 Å². The summed E-state index contributed by atoms with van der Waals surface area (Å²) in [6, 6.07) is 0. The fourth-order valence-electron chi connectivity index (χ4n) is 12.1. The van der Waals surface area contributed by atoms with Crippen molar-refractivity contribution in [2.45, 2.75) is 311 Å². The highest BCUT2D eigenvalue weighted by Gasteiger charge is 2.59. The van der Waals surface area contributed by atoms with Crippen LogP contribution in [-0.4, -0.2) is 146 Å². The number of ketones is 1. The van der Waals surface area contributed by atoms with Gasteiger partial charge in [0.15, 0.2) is 47.7 Å². The van der Waals surface area contributed by atoms with Gasteiger partial charge in [-0.2, -0.15) is 0 Å². The molecule has 6 saturated heterocycles. The molecule has 9 aliphatic heterocycles. The molecule has 0 aliphatic carbocycles. The van der Waals surface area contributed by atoms with Crippen molar-refractivity contribution in [3.8, 4) is 0 Å². The van der Waals surface area contributed by atoms with Crippen molar-refractivity contribution >= 4 is 53.6 Å². The molecule has 8 bridgehead atoms. The van der Waals surface area contributed by atoms with Crippen LogP contribution in [0.25, 0.3) is 0 Å². The van der Waals surface area contributed by atoms with Gasteiger partial charge in [0.2, 0.25) is 0 Å². The highest BCUT2D eigenvalue weighted by molar-refractivity contribution is 7.25. The topological polar surface area (TPSA) is 161 Å². The second-order valence-electron chi connectivity index (χ2n) is 29.1. The third kappa shape index (κ3) is 15.5. The van der Waals surface area contributed by atoms with Crippen molar-refractivity contribution in [3.63, 3.8) is 0 Å². The number of ether oxygens (including phenoxy) is 7. The molecule has 0 aromatic rings. The molecular weight excluding hydrogens is 1090 g/mol. The molecule has 448 valence electrons. The number of hydrogen-bond donors (Lipinski definition) is 0. The van der Waals surface area contributed by atoms with Gasteiger partial charge >= 0.3 is 5.97 Å². The first-order valence-electron chi connectivity index (χ1n) is 30.0. The van der Waals surface area contributed by atoms with E-state index in [0.29, 0.717) is 57.5 Å². The molecule has 14 nitrogen and oxygen atoms in total. The predicted octanol–water partition coefficient (Wildman–Crippen LogP) is 13.8. The number of esters is 1. The molecule has 9 rings (SSSR count). The van der Waals surface area contributed by atoms with Crippen molar-refractivity contribution in [3.05, 3.63) is 36.5 Å². The molecule has 0 radical (unpaired) electrons. The summed E-state index contributed by atoms with van der Waals surface area (Å²) in [4.78, 5) is 29.0. The maximum absolute atomic E-state index is 14.8. The zero-order chi connectivity index (χ0) is 58.4. The van der Waals surface area contributed by atoms with Crippen LogP contribution in [0.2, 0.25) is 54.4 Å². The van der Waals surface area contributed by atoms with Crippen LogP contribution in [-0.2, 0) is 65.2 Å². The SMILES string of the molecule is C=C1C2C[C@@H]3O[C@H]4C[C@@H](P=O)[C@@H](CCP=O)O[C@H]4[C@H](C)[C@H]3OC(=O)CC3CC[C@@H]4O[C@H]([C@@H](O[Si](C)(C)C(C)(C)C)[C@@H](O[Si](C)(C)C(C)(C)C)[C@H]4O3)[C@@H](O[Si](C)(C)C(C)(C)C)/C=C/C(=O)CCC3CC(=C)[C@H](CCC(C[C@H]1C)O2)O3. The maximum Gasteiger partial charge on any atom is 0.308 e. The molecular formula is C60H102O14P2Si3. The summed E-state index contributed by atoms with van der Waals surface area (Å²) in [7, 11) is -7.79. The minimum absolute atomic E-state index is 0.00553. The first-order valence-corrected chi connectivity index (χ1v) is 40.6. The number of allylic oxidation sites excluding steroid dienone is 1. The van der Waals surface area contributed by atoms with E-state index >= 15 is 0 Å². The highest BCUT2D eigenvalue weighted by Crippen LogP contribution is 2.49. The summed E-state index contributed by atoms with van der Waals surface area (Å²) in [5.41, 5.74) is 1.69. The van der Waals surface area contributed by atoms with Crippen molar-refractivity contribution < 1.29 is 65.2 Å². The Morgan fingerprint density at radius 3 is 1.81 bits per heavy atom. The Morgan fingerprint density at radius 2 is 1.19 bits per heavy atom. The Labute approximate surface area is 481 Å². The normalized spacial score (nSPS) is 39.6. The molecule has 0 aromatic heterocycles. The zero-order valence-corrected chi connectivity index (χ0v) is 56.1. The Balaban J connectivity index is 1.29. The Bertz CT molecular complexity index is 2200. The smallest absolute Gasteiger partial charge is 0.308 e. The molecule has 9 aliphatic rings. The summed E-state index contributed by atoms with van der Waals surface area (Å²) in [5.74, 6) is -0.549. The molecule has 0 saturated carbocycles. The van der Waals surface area contributed by atoms with Gasteiger partial charge in [0.05, 0.1) is 79.2 Å². The molecule has 6 fully saturated rings. The van der Waals surface area contributed by atoms with E-state index in [4.69, 9.17) is 46.4 Å². The minimum Gasteiger partial charge on any atom is -0.459 e. The molecule has 0 spiro atoms. The Hall–Kier alpha value is -1.15. The van der Waals surface area contributed by atoms with E-state index in [-0.39, 0.29) is 92.3 Å². The number of fused-ring (bicyclic) bond motifs is 3. The van der Waals surface area contributed by atoms with Gasteiger partial charge in [0.25, 0.3) is 0 Å². The number of carbonyl (C=O) groups is 2. The van der Waals surface area contributed by atoms with Crippen molar-refractivity contribution in [2.24, 2.45) is 11.8 Å².